The Morgan fingerprint density at radius 1 is 1.20 bits per heavy atom. The van der Waals surface area contributed by atoms with Gasteiger partial charge >= 0.3 is 0 Å². The standard InChI is InChI=1S/C10H20N2O2S/c13-15(14)8-1-3-10(15)9-12-6-2-4-11-5-7-12/h10-11H,1-9H2. The zero-order chi connectivity index (χ0) is 10.7. The molecule has 0 spiro atoms. The Morgan fingerprint density at radius 2 is 2.07 bits per heavy atom. The highest BCUT2D eigenvalue weighted by Gasteiger charge is 2.32. The van der Waals surface area contributed by atoms with Crippen LogP contribution in [0.2, 0.25) is 0 Å². The lowest BCUT2D eigenvalue weighted by Crippen LogP contribution is -2.37. The second-order valence-corrected chi connectivity index (χ2v) is 6.94. The second kappa shape index (κ2) is 4.80. The molecule has 2 aliphatic rings. The van der Waals surface area contributed by atoms with E-state index in [1.165, 1.54) is 0 Å². The zero-order valence-corrected chi connectivity index (χ0v) is 9.93. The van der Waals surface area contributed by atoms with Crippen molar-refractivity contribution < 1.29 is 8.42 Å². The Bertz CT molecular complexity index is 295. The molecule has 1 N–H and O–H groups in total. The number of hydrogen-bond donors (Lipinski definition) is 1. The van der Waals surface area contributed by atoms with Gasteiger partial charge in [0.1, 0.15) is 0 Å². The van der Waals surface area contributed by atoms with Crippen molar-refractivity contribution in [3.8, 4) is 0 Å². The van der Waals surface area contributed by atoms with Gasteiger partial charge in [-0.05, 0) is 32.4 Å². The molecule has 2 heterocycles. The van der Waals surface area contributed by atoms with E-state index >= 15 is 0 Å². The van der Waals surface area contributed by atoms with E-state index in [9.17, 15) is 8.42 Å². The molecule has 4 nitrogen and oxygen atoms in total. The molecule has 0 amide bonds. The molecule has 0 saturated carbocycles. The third-order valence-corrected chi connectivity index (χ3v) is 5.62. The lowest BCUT2D eigenvalue weighted by atomic mass is 10.2. The smallest absolute Gasteiger partial charge is 0.154 e. The van der Waals surface area contributed by atoms with Gasteiger partial charge in [0.2, 0.25) is 0 Å². The first-order valence-corrected chi connectivity index (χ1v) is 7.55. The third kappa shape index (κ3) is 2.92. The van der Waals surface area contributed by atoms with Crippen molar-refractivity contribution >= 4 is 9.84 Å². The number of nitrogens with one attached hydrogen (secondary N) is 1. The first-order chi connectivity index (χ1) is 7.18. The molecule has 0 aromatic heterocycles. The van der Waals surface area contributed by atoms with Crippen LogP contribution in [-0.2, 0) is 9.84 Å². The van der Waals surface area contributed by atoms with Crippen LogP contribution in [0.15, 0.2) is 0 Å². The fourth-order valence-electron chi connectivity index (χ4n) is 2.44. The van der Waals surface area contributed by atoms with Gasteiger partial charge < -0.3 is 10.2 Å². The molecule has 2 rings (SSSR count). The van der Waals surface area contributed by atoms with Crippen LogP contribution in [0.25, 0.3) is 0 Å². The maximum absolute atomic E-state index is 11.7. The van der Waals surface area contributed by atoms with Gasteiger partial charge in [-0.25, -0.2) is 8.42 Å². The summed E-state index contributed by atoms with van der Waals surface area (Å²) in [7, 11) is -2.76. The Morgan fingerprint density at radius 3 is 2.80 bits per heavy atom. The summed E-state index contributed by atoms with van der Waals surface area (Å²) in [5, 5.41) is 3.24. The van der Waals surface area contributed by atoms with Gasteiger partial charge in [-0.1, -0.05) is 0 Å². The summed E-state index contributed by atoms with van der Waals surface area (Å²) in [6, 6.07) is 0. The number of hydrogen-bond acceptors (Lipinski definition) is 4. The monoisotopic (exact) mass is 232 g/mol. The van der Waals surface area contributed by atoms with Crippen LogP contribution in [0, 0.1) is 0 Å². The normalized spacial score (nSPS) is 32.7. The molecule has 0 aliphatic carbocycles. The number of nitrogens with zero attached hydrogens (tertiary/aromatic N) is 1. The third-order valence-electron chi connectivity index (χ3n) is 3.36. The molecule has 0 radical (unpaired) electrons. The second-order valence-electron chi connectivity index (χ2n) is 4.54. The average Bonchev–Trinajstić information content (AvgIpc) is 2.43. The highest BCUT2D eigenvalue weighted by molar-refractivity contribution is 7.92. The van der Waals surface area contributed by atoms with E-state index in [0.29, 0.717) is 5.75 Å². The van der Waals surface area contributed by atoms with Crippen molar-refractivity contribution in [2.75, 3.05) is 38.5 Å². The summed E-state index contributed by atoms with van der Waals surface area (Å²) >= 11 is 0. The van der Waals surface area contributed by atoms with Crippen LogP contribution in [0.3, 0.4) is 0 Å². The fraction of sp³-hybridized carbons (Fsp3) is 1.00. The van der Waals surface area contributed by atoms with E-state index < -0.39 is 9.84 Å². The summed E-state index contributed by atoms with van der Waals surface area (Å²) in [6.45, 7) is 4.84. The summed E-state index contributed by atoms with van der Waals surface area (Å²) in [6.07, 6.45) is 2.86. The minimum Gasteiger partial charge on any atom is -0.315 e. The highest BCUT2D eigenvalue weighted by atomic mass is 32.2. The van der Waals surface area contributed by atoms with Gasteiger partial charge in [0.15, 0.2) is 9.84 Å². The molecule has 0 aromatic carbocycles. The van der Waals surface area contributed by atoms with Crippen LogP contribution in [-0.4, -0.2) is 57.0 Å². The van der Waals surface area contributed by atoms with Crippen molar-refractivity contribution in [3.63, 3.8) is 0 Å². The van der Waals surface area contributed by atoms with Crippen molar-refractivity contribution in [2.24, 2.45) is 0 Å². The molecule has 0 bridgehead atoms. The van der Waals surface area contributed by atoms with Gasteiger partial charge in [0.25, 0.3) is 0 Å². The topological polar surface area (TPSA) is 49.4 Å². The minimum absolute atomic E-state index is 0.0874. The Balaban J connectivity index is 1.90. The van der Waals surface area contributed by atoms with Crippen molar-refractivity contribution in [2.45, 2.75) is 24.5 Å². The van der Waals surface area contributed by atoms with Crippen molar-refractivity contribution in [3.05, 3.63) is 0 Å². The van der Waals surface area contributed by atoms with E-state index in [1.807, 2.05) is 0 Å². The van der Waals surface area contributed by atoms with Gasteiger partial charge in [-0.2, -0.15) is 0 Å². The zero-order valence-electron chi connectivity index (χ0n) is 9.11. The van der Waals surface area contributed by atoms with E-state index in [2.05, 4.69) is 10.2 Å². The highest BCUT2D eigenvalue weighted by Crippen LogP contribution is 2.21. The summed E-state index contributed by atoms with van der Waals surface area (Å²) < 4.78 is 23.4. The quantitative estimate of drug-likeness (QED) is 0.720. The minimum atomic E-state index is -2.76. The lowest BCUT2D eigenvalue weighted by Gasteiger charge is -2.22. The van der Waals surface area contributed by atoms with Gasteiger partial charge in [0, 0.05) is 19.6 Å². The average molecular weight is 232 g/mol. The van der Waals surface area contributed by atoms with Crippen LogP contribution < -0.4 is 5.32 Å². The number of rotatable bonds is 2. The van der Waals surface area contributed by atoms with Gasteiger partial charge in [0.05, 0.1) is 11.0 Å². The molecule has 15 heavy (non-hydrogen) atoms. The van der Waals surface area contributed by atoms with Crippen LogP contribution in [0.1, 0.15) is 19.3 Å². The molecule has 0 aromatic rings. The Kier molecular flexibility index (Phi) is 3.64. The lowest BCUT2D eigenvalue weighted by molar-refractivity contribution is 0.289. The van der Waals surface area contributed by atoms with Gasteiger partial charge in [-0.15, -0.1) is 0 Å². The Hall–Kier alpha value is -0.130. The van der Waals surface area contributed by atoms with Crippen LogP contribution in [0.5, 0.6) is 0 Å². The van der Waals surface area contributed by atoms with Gasteiger partial charge in [-0.3, -0.25) is 0 Å². The molecule has 2 saturated heterocycles. The number of sulfone groups is 1. The van der Waals surface area contributed by atoms with Crippen molar-refractivity contribution in [1.29, 1.82) is 0 Å². The molecule has 2 aliphatic heterocycles. The SMILES string of the molecule is O=S1(=O)CCCC1CN1CCCNCC1. The maximum Gasteiger partial charge on any atom is 0.154 e. The fourth-order valence-corrected chi connectivity index (χ4v) is 4.30. The molecular weight excluding hydrogens is 212 g/mol. The largest absolute Gasteiger partial charge is 0.315 e. The molecule has 88 valence electrons. The summed E-state index contributed by atoms with van der Waals surface area (Å²) in [4.78, 5) is 2.30. The van der Waals surface area contributed by atoms with E-state index in [4.69, 9.17) is 0 Å². The first kappa shape index (κ1) is 11.4. The predicted molar refractivity (Wildman–Crippen MR) is 60.7 cm³/mol. The molecule has 1 atom stereocenters. The van der Waals surface area contributed by atoms with Crippen LogP contribution >= 0.6 is 0 Å². The molecular formula is C10H20N2O2S. The maximum atomic E-state index is 11.7. The predicted octanol–water partition coefficient (Wildman–Crippen LogP) is -0.141. The molecule has 1 unspecified atom stereocenters. The molecule has 5 heteroatoms. The van der Waals surface area contributed by atoms with E-state index in [1.54, 1.807) is 0 Å². The Labute approximate surface area is 91.9 Å². The van der Waals surface area contributed by atoms with Crippen LogP contribution in [0.4, 0.5) is 0 Å². The first-order valence-electron chi connectivity index (χ1n) is 5.83. The van der Waals surface area contributed by atoms with E-state index in [-0.39, 0.29) is 5.25 Å². The summed E-state index contributed by atoms with van der Waals surface area (Å²) in [5.74, 6) is 0.407. The summed E-state index contributed by atoms with van der Waals surface area (Å²) in [5.41, 5.74) is 0. The van der Waals surface area contributed by atoms with E-state index in [0.717, 1.165) is 52.0 Å². The van der Waals surface area contributed by atoms with Crippen molar-refractivity contribution in [1.82, 2.24) is 10.2 Å². The molecule has 2 fully saturated rings.